The molecule has 0 amide bonds. The summed E-state index contributed by atoms with van der Waals surface area (Å²) in [5.74, 6) is 0.740. The Balaban J connectivity index is 1.82. The van der Waals surface area contributed by atoms with Crippen LogP contribution in [0.1, 0.15) is 30.0 Å². The zero-order chi connectivity index (χ0) is 13.9. The fourth-order valence-corrected chi connectivity index (χ4v) is 2.60. The number of aromatic nitrogens is 3. The zero-order valence-corrected chi connectivity index (χ0v) is 11.5. The Hall–Kier alpha value is -2.01. The number of hydrogen-bond donors (Lipinski definition) is 0. The number of hydrogen-bond acceptors (Lipinski definition) is 4. The number of carbonyl (C=O) groups is 1. The van der Waals surface area contributed by atoms with Crippen LogP contribution in [0.15, 0.2) is 30.6 Å². The maximum atomic E-state index is 12.5. The van der Waals surface area contributed by atoms with Crippen molar-refractivity contribution in [3.05, 3.63) is 47.5 Å². The van der Waals surface area contributed by atoms with Crippen LogP contribution < -0.4 is 0 Å². The third-order valence-corrected chi connectivity index (χ3v) is 3.61. The summed E-state index contributed by atoms with van der Waals surface area (Å²) in [5, 5.41) is 4.09. The first kappa shape index (κ1) is 13.0. The summed E-state index contributed by atoms with van der Waals surface area (Å²) >= 11 is 0. The maximum absolute atomic E-state index is 12.5. The molecule has 0 N–H and O–H groups in total. The van der Waals surface area contributed by atoms with Gasteiger partial charge >= 0.3 is 0 Å². The number of Topliss-reactive ketones (excluding diaryl/α,β-unsaturated/α-hetero) is 1. The monoisotopic (exact) mass is 271 g/mol. The molecule has 1 atom stereocenters. The van der Waals surface area contributed by atoms with Gasteiger partial charge < -0.3 is 4.74 Å². The minimum atomic E-state index is -0.470. The Morgan fingerprint density at radius 2 is 2.30 bits per heavy atom. The molecule has 3 rings (SSSR count). The molecule has 2 heterocycles. The molecule has 0 saturated heterocycles. The highest BCUT2D eigenvalue weighted by molar-refractivity contribution is 5.86. The molecule has 2 aromatic rings. The quantitative estimate of drug-likeness (QED) is 0.849. The topological polar surface area (TPSA) is 57.0 Å². The van der Waals surface area contributed by atoms with Crippen molar-refractivity contribution < 1.29 is 9.53 Å². The third kappa shape index (κ3) is 2.36. The van der Waals surface area contributed by atoms with Crippen LogP contribution in [0.5, 0.6) is 0 Å². The molecule has 0 radical (unpaired) electrons. The summed E-state index contributed by atoms with van der Waals surface area (Å²) in [5.41, 5.74) is 2.19. The molecule has 20 heavy (non-hydrogen) atoms. The van der Waals surface area contributed by atoms with Crippen molar-refractivity contribution in [1.29, 1.82) is 0 Å². The summed E-state index contributed by atoms with van der Waals surface area (Å²) < 4.78 is 7.42. The van der Waals surface area contributed by atoms with Gasteiger partial charge in [-0.3, -0.25) is 4.79 Å². The minimum Gasteiger partial charge on any atom is -0.365 e. The second-order valence-electron chi connectivity index (χ2n) is 4.83. The highest BCUT2D eigenvalue weighted by atomic mass is 16.5. The van der Waals surface area contributed by atoms with E-state index in [1.54, 1.807) is 4.68 Å². The van der Waals surface area contributed by atoms with Gasteiger partial charge in [0.15, 0.2) is 5.78 Å². The number of ether oxygens (including phenoxy) is 1. The van der Waals surface area contributed by atoms with E-state index < -0.39 is 6.10 Å². The Morgan fingerprint density at radius 3 is 3.15 bits per heavy atom. The number of fused-ring (bicyclic) bond motifs is 1. The van der Waals surface area contributed by atoms with Gasteiger partial charge in [-0.25, -0.2) is 9.67 Å². The van der Waals surface area contributed by atoms with Crippen LogP contribution in [-0.4, -0.2) is 27.2 Å². The van der Waals surface area contributed by atoms with Gasteiger partial charge in [0.1, 0.15) is 18.3 Å². The van der Waals surface area contributed by atoms with Crippen molar-refractivity contribution in [2.45, 2.75) is 32.4 Å². The maximum Gasteiger partial charge on any atom is 0.173 e. The van der Waals surface area contributed by atoms with E-state index in [-0.39, 0.29) is 12.2 Å². The predicted molar refractivity (Wildman–Crippen MR) is 73.2 cm³/mol. The fourth-order valence-electron chi connectivity index (χ4n) is 2.60. The second kappa shape index (κ2) is 5.54. The van der Waals surface area contributed by atoms with Crippen LogP contribution >= 0.6 is 0 Å². The number of rotatable bonds is 4. The number of aryl methyl sites for hydroxylation is 1. The van der Waals surface area contributed by atoms with Gasteiger partial charge in [-0.15, -0.1) is 0 Å². The molecule has 1 aliphatic heterocycles. The average molecular weight is 271 g/mol. The molecule has 0 fully saturated rings. The summed E-state index contributed by atoms with van der Waals surface area (Å²) in [6.45, 7) is 3.29. The van der Waals surface area contributed by atoms with Crippen molar-refractivity contribution in [1.82, 2.24) is 14.8 Å². The molecule has 1 aromatic carbocycles. The van der Waals surface area contributed by atoms with Crippen molar-refractivity contribution in [2.75, 3.05) is 6.61 Å². The van der Waals surface area contributed by atoms with Crippen LogP contribution in [0.2, 0.25) is 0 Å². The van der Waals surface area contributed by atoms with Gasteiger partial charge in [0.25, 0.3) is 0 Å². The van der Waals surface area contributed by atoms with Crippen LogP contribution in [0, 0.1) is 0 Å². The molecule has 0 aliphatic carbocycles. The van der Waals surface area contributed by atoms with Crippen LogP contribution in [0.25, 0.3) is 0 Å². The largest absolute Gasteiger partial charge is 0.365 e. The number of nitrogens with zero attached hydrogens (tertiary/aromatic N) is 3. The van der Waals surface area contributed by atoms with E-state index in [1.165, 1.54) is 11.9 Å². The van der Waals surface area contributed by atoms with Gasteiger partial charge in [-0.05, 0) is 24.5 Å². The molecular formula is C15H17N3O2. The normalized spacial score (nSPS) is 17.8. The molecule has 0 bridgehead atoms. The second-order valence-corrected chi connectivity index (χ2v) is 4.83. The van der Waals surface area contributed by atoms with E-state index in [4.69, 9.17) is 4.74 Å². The fraction of sp³-hybridized carbons (Fsp3) is 0.400. The summed E-state index contributed by atoms with van der Waals surface area (Å²) in [7, 11) is 0. The molecule has 0 spiro atoms. The highest BCUT2D eigenvalue weighted by Crippen LogP contribution is 2.28. The molecule has 104 valence electrons. The molecule has 1 aromatic heterocycles. The van der Waals surface area contributed by atoms with E-state index in [2.05, 4.69) is 16.1 Å². The number of ketones is 1. The molecule has 1 aliphatic rings. The van der Waals surface area contributed by atoms with Gasteiger partial charge in [0.05, 0.1) is 13.0 Å². The lowest BCUT2D eigenvalue weighted by Gasteiger charge is -2.24. The number of benzene rings is 1. The lowest BCUT2D eigenvalue weighted by Crippen LogP contribution is -2.25. The summed E-state index contributed by atoms with van der Waals surface area (Å²) in [6, 6.07) is 7.98. The van der Waals surface area contributed by atoms with Crippen molar-refractivity contribution >= 4 is 5.78 Å². The van der Waals surface area contributed by atoms with Crippen molar-refractivity contribution in [3.63, 3.8) is 0 Å². The van der Waals surface area contributed by atoms with Crippen LogP contribution in [0.4, 0.5) is 0 Å². The Bertz CT molecular complexity index is 621. The lowest BCUT2D eigenvalue weighted by atomic mass is 9.94. The van der Waals surface area contributed by atoms with E-state index in [0.717, 1.165) is 12.0 Å². The zero-order valence-electron chi connectivity index (χ0n) is 11.5. The van der Waals surface area contributed by atoms with E-state index in [1.807, 2.05) is 25.1 Å². The highest BCUT2D eigenvalue weighted by Gasteiger charge is 2.27. The SMILES string of the molecule is CCn1ncnc1CC(=O)C1OCCc2ccccc21. The third-order valence-electron chi connectivity index (χ3n) is 3.61. The molecular weight excluding hydrogens is 254 g/mol. The first-order chi connectivity index (χ1) is 9.79. The van der Waals surface area contributed by atoms with Gasteiger partial charge in [0.2, 0.25) is 0 Å². The Morgan fingerprint density at radius 1 is 1.45 bits per heavy atom. The van der Waals surface area contributed by atoms with Gasteiger partial charge in [-0.1, -0.05) is 24.3 Å². The Labute approximate surface area is 117 Å². The van der Waals surface area contributed by atoms with Crippen LogP contribution in [0.3, 0.4) is 0 Å². The molecule has 5 nitrogen and oxygen atoms in total. The van der Waals surface area contributed by atoms with Gasteiger partial charge in [-0.2, -0.15) is 5.10 Å². The predicted octanol–water partition coefficient (Wildman–Crippen LogP) is 1.72. The van der Waals surface area contributed by atoms with Crippen molar-refractivity contribution in [2.24, 2.45) is 0 Å². The smallest absolute Gasteiger partial charge is 0.173 e. The standard InChI is InChI=1S/C15H17N3O2/c1-2-18-14(16-10-17-18)9-13(19)15-12-6-4-3-5-11(12)7-8-20-15/h3-6,10,15H,2,7-9H2,1H3. The summed E-state index contributed by atoms with van der Waals surface area (Å²) in [6.07, 6.45) is 2.14. The molecule has 5 heteroatoms. The first-order valence-corrected chi connectivity index (χ1v) is 6.88. The Kier molecular flexibility index (Phi) is 3.60. The molecule has 0 saturated carbocycles. The van der Waals surface area contributed by atoms with E-state index in [0.29, 0.717) is 19.0 Å². The molecule has 1 unspecified atom stereocenters. The number of carbonyl (C=O) groups excluding carboxylic acids is 1. The average Bonchev–Trinajstić information content (AvgIpc) is 2.93. The van der Waals surface area contributed by atoms with Crippen molar-refractivity contribution in [3.8, 4) is 0 Å². The minimum absolute atomic E-state index is 0.0415. The summed E-state index contributed by atoms with van der Waals surface area (Å²) in [4.78, 5) is 16.6. The van der Waals surface area contributed by atoms with Crippen LogP contribution in [-0.2, 0) is 28.9 Å². The van der Waals surface area contributed by atoms with Gasteiger partial charge in [0, 0.05) is 6.54 Å². The first-order valence-electron chi connectivity index (χ1n) is 6.88. The van der Waals surface area contributed by atoms with E-state index >= 15 is 0 Å². The lowest BCUT2D eigenvalue weighted by molar-refractivity contribution is -0.131. The van der Waals surface area contributed by atoms with E-state index in [9.17, 15) is 4.79 Å².